The molecule has 0 saturated carbocycles. The molecule has 0 saturated heterocycles. The van der Waals surface area contributed by atoms with Gasteiger partial charge >= 0.3 is 0 Å². The standard InChI is InChI=1S/C24H23N5OS2/c1-14-6-5-8-16-15(2)12-20-27-28-24(29(20)22(14)16)31-11-10-21(30)26-23-18(13-25)17-7-3-4-9-19(17)32-23/h5-6,8,12H,3-4,7,9-11H2,1-2H3,(H,26,30). The van der Waals surface area contributed by atoms with Gasteiger partial charge in [-0.3, -0.25) is 9.20 Å². The van der Waals surface area contributed by atoms with Gasteiger partial charge in [-0.25, -0.2) is 0 Å². The summed E-state index contributed by atoms with van der Waals surface area (Å²) in [6.07, 6.45) is 4.56. The number of benzene rings is 1. The number of nitriles is 1. The lowest BCUT2D eigenvalue weighted by Crippen LogP contribution is -2.12. The number of pyridine rings is 1. The van der Waals surface area contributed by atoms with Crippen LogP contribution in [0.2, 0.25) is 0 Å². The number of amides is 1. The summed E-state index contributed by atoms with van der Waals surface area (Å²) in [6, 6.07) is 10.6. The minimum Gasteiger partial charge on any atom is -0.317 e. The molecule has 5 rings (SSSR count). The second-order valence-corrected chi connectivity index (χ2v) is 10.3. The lowest BCUT2D eigenvalue weighted by atomic mass is 9.96. The van der Waals surface area contributed by atoms with Crippen molar-refractivity contribution in [2.75, 3.05) is 11.1 Å². The topological polar surface area (TPSA) is 83.1 Å². The molecular formula is C24H23N5OS2. The maximum absolute atomic E-state index is 12.6. The van der Waals surface area contributed by atoms with Gasteiger partial charge < -0.3 is 5.32 Å². The van der Waals surface area contributed by atoms with E-state index in [1.807, 2.05) is 6.07 Å². The van der Waals surface area contributed by atoms with E-state index in [0.29, 0.717) is 22.7 Å². The summed E-state index contributed by atoms with van der Waals surface area (Å²) >= 11 is 3.09. The highest BCUT2D eigenvalue weighted by molar-refractivity contribution is 7.99. The van der Waals surface area contributed by atoms with Crippen LogP contribution in [0.25, 0.3) is 16.6 Å². The van der Waals surface area contributed by atoms with E-state index < -0.39 is 0 Å². The Morgan fingerprint density at radius 3 is 2.94 bits per heavy atom. The molecule has 1 aliphatic rings. The van der Waals surface area contributed by atoms with E-state index in [9.17, 15) is 10.1 Å². The molecule has 1 aliphatic carbocycles. The molecule has 0 bridgehead atoms. The summed E-state index contributed by atoms with van der Waals surface area (Å²) < 4.78 is 2.08. The number of aromatic nitrogens is 3. The maximum atomic E-state index is 12.6. The second kappa shape index (κ2) is 8.57. The fourth-order valence-electron chi connectivity index (χ4n) is 4.42. The molecule has 1 amide bonds. The average molecular weight is 462 g/mol. The number of hydrogen-bond donors (Lipinski definition) is 1. The molecule has 0 fully saturated rings. The lowest BCUT2D eigenvalue weighted by molar-refractivity contribution is -0.115. The first kappa shape index (κ1) is 21.0. The minimum absolute atomic E-state index is 0.0710. The number of thiophene rings is 1. The summed E-state index contributed by atoms with van der Waals surface area (Å²) in [4.78, 5) is 13.9. The monoisotopic (exact) mass is 461 g/mol. The van der Waals surface area contributed by atoms with E-state index >= 15 is 0 Å². The van der Waals surface area contributed by atoms with Crippen LogP contribution in [-0.2, 0) is 17.6 Å². The first-order valence-corrected chi connectivity index (χ1v) is 12.6. The van der Waals surface area contributed by atoms with Crippen LogP contribution < -0.4 is 5.32 Å². The Bertz CT molecular complexity index is 1400. The van der Waals surface area contributed by atoms with Gasteiger partial charge in [0.1, 0.15) is 11.1 Å². The summed E-state index contributed by atoms with van der Waals surface area (Å²) in [6.45, 7) is 4.18. The van der Waals surface area contributed by atoms with Crippen molar-refractivity contribution in [3.63, 3.8) is 0 Å². The van der Waals surface area contributed by atoms with Gasteiger partial charge in [0.2, 0.25) is 5.91 Å². The van der Waals surface area contributed by atoms with Crippen LogP contribution in [0.3, 0.4) is 0 Å². The van der Waals surface area contributed by atoms with E-state index in [2.05, 4.69) is 58.0 Å². The zero-order valence-corrected chi connectivity index (χ0v) is 19.7. The predicted octanol–water partition coefficient (Wildman–Crippen LogP) is 5.43. The van der Waals surface area contributed by atoms with Crippen molar-refractivity contribution in [3.8, 4) is 6.07 Å². The van der Waals surface area contributed by atoms with Gasteiger partial charge in [-0.2, -0.15) is 5.26 Å². The maximum Gasteiger partial charge on any atom is 0.225 e. The highest BCUT2D eigenvalue weighted by atomic mass is 32.2. The van der Waals surface area contributed by atoms with Crippen molar-refractivity contribution in [3.05, 3.63) is 51.4 Å². The Balaban J connectivity index is 1.32. The van der Waals surface area contributed by atoms with Gasteiger partial charge in [-0.15, -0.1) is 21.5 Å². The SMILES string of the molecule is Cc1cc2nnc(SCCC(=O)Nc3sc4c(c3C#N)CCCC4)n2c2c(C)cccc12. The van der Waals surface area contributed by atoms with Crippen LogP contribution in [0.5, 0.6) is 0 Å². The summed E-state index contributed by atoms with van der Waals surface area (Å²) in [7, 11) is 0. The zero-order chi connectivity index (χ0) is 22.2. The number of nitrogens with zero attached hydrogens (tertiary/aromatic N) is 4. The first-order valence-electron chi connectivity index (χ1n) is 10.8. The van der Waals surface area contributed by atoms with E-state index in [1.54, 1.807) is 11.3 Å². The molecule has 0 spiro atoms. The van der Waals surface area contributed by atoms with Crippen LogP contribution in [0.4, 0.5) is 5.00 Å². The fraction of sp³-hybridized carbons (Fsp3) is 0.333. The largest absolute Gasteiger partial charge is 0.317 e. The highest BCUT2D eigenvalue weighted by Crippen LogP contribution is 2.37. The Labute approximate surface area is 194 Å². The molecule has 3 heterocycles. The number of rotatable bonds is 5. The quantitative estimate of drug-likeness (QED) is 0.401. The Hall–Kier alpha value is -2.89. The number of hydrogen-bond acceptors (Lipinski definition) is 6. The third-order valence-electron chi connectivity index (χ3n) is 5.99. The molecule has 0 unspecified atom stereocenters. The molecule has 1 aromatic carbocycles. The number of aryl methyl sites for hydroxylation is 3. The number of carbonyl (C=O) groups excluding carboxylic acids is 1. The zero-order valence-electron chi connectivity index (χ0n) is 18.1. The van der Waals surface area contributed by atoms with Crippen LogP contribution >= 0.6 is 23.1 Å². The Morgan fingerprint density at radius 1 is 1.25 bits per heavy atom. The fourth-order valence-corrected chi connectivity index (χ4v) is 6.56. The highest BCUT2D eigenvalue weighted by Gasteiger charge is 2.22. The van der Waals surface area contributed by atoms with Crippen LogP contribution in [-0.4, -0.2) is 26.3 Å². The summed E-state index contributed by atoms with van der Waals surface area (Å²) in [5.41, 5.74) is 6.07. The summed E-state index contributed by atoms with van der Waals surface area (Å²) in [5.74, 6) is 0.513. The number of thioether (sulfide) groups is 1. The first-order chi connectivity index (χ1) is 15.6. The molecule has 162 valence electrons. The third-order valence-corrected chi connectivity index (χ3v) is 8.12. The van der Waals surface area contributed by atoms with Gasteiger partial charge in [-0.05, 0) is 62.3 Å². The van der Waals surface area contributed by atoms with Crippen LogP contribution in [0.15, 0.2) is 29.4 Å². The van der Waals surface area contributed by atoms with Gasteiger partial charge in [0.05, 0.1) is 11.1 Å². The van der Waals surface area contributed by atoms with Gasteiger partial charge in [-0.1, -0.05) is 30.0 Å². The number of carbonyl (C=O) groups is 1. The van der Waals surface area contributed by atoms with E-state index in [-0.39, 0.29) is 5.91 Å². The average Bonchev–Trinajstić information content (AvgIpc) is 3.34. The molecule has 0 radical (unpaired) electrons. The molecule has 1 N–H and O–H groups in total. The Kier molecular flexibility index (Phi) is 5.62. The molecule has 4 aromatic rings. The smallest absolute Gasteiger partial charge is 0.225 e. The van der Waals surface area contributed by atoms with Gasteiger partial charge in [0.15, 0.2) is 10.8 Å². The van der Waals surface area contributed by atoms with Crippen molar-refractivity contribution in [1.82, 2.24) is 14.6 Å². The third kappa shape index (κ3) is 3.65. The second-order valence-electron chi connectivity index (χ2n) is 8.15. The molecular weight excluding hydrogens is 438 g/mol. The number of anilines is 1. The normalized spacial score (nSPS) is 13.3. The molecule has 3 aromatic heterocycles. The van der Waals surface area contributed by atoms with Crippen LogP contribution in [0.1, 0.15) is 46.4 Å². The van der Waals surface area contributed by atoms with E-state index in [0.717, 1.165) is 47.6 Å². The van der Waals surface area contributed by atoms with Crippen molar-refractivity contribution in [1.29, 1.82) is 5.26 Å². The predicted molar refractivity (Wildman–Crippen MR) is 130 cm³/mol. The molecule has 8 heteroatoms. The van der Waals surface area contributed by atoms with Crippen molar-refractivity contribution in [2.24, 2.45) is 0 Å². The minimum atomic E-state index is -0.0710. The van der Waals surface area contributed by atoms with E-state index in [4.69, 9.17) is 0 Å². The van der Waals surface area contributed by atoms with E-state index in [1.165, 1.54) is 33.2 Å². The number of para-hydroxylation sites is 1. The molecule has 0 atom stereocenters. The van der Waals surface area contributed by atoms with Crippen molar-refractivity contribution >= 4 is 50.6 Å². The molecule has 32 heavy (non-hydrogen) atoms. The van der Waals surface area contributed by atoms with Gasteiger partial charge in [0, 0.05) is 22.4 Å². The molecule has 0 aliphatic heterocycles. The lowest BCUT2D eigenvalue weighted by Gasteiger charge is -2.10. The molecule has 6 nitrogen and oxygen atoms in total. The van der Waals surface area contributed by atoms with Crippen LogP contribution in [0, 0.1) is 25.2 Å². The Morgan fingerprint density at radius 2 is 2.09 bits per heavy atom. The summed E-state index contributed by atoms with van der Waals surface area (Å²) in [5, 5.41) is 24.0. The van der Waals surface area contributed by atoms with Gasteiger partial charge in [0.25, 0.3) is 0 Å². The number of nitrogens with one attached hydrogen (secondary N) is 1. The van der Waals surface area contributed by atoms with Crippen molar-refractivity contribution in [2.45, 2.75) is 51.1 Å². The van der Waals surface area contributed by atoms with Crippen molar-refractivity contribution < 1.29 is 4.79 Å². The number of fused-ring (bicyclic) bond motifs is 4.